The van der Waals surface area contributed by atoms with Gasteiger partial charge in [-0.3, -0.25) is 33.6 Å². The van der Waals surface area contributed by atoms with E-state index in [9.17, 15) is 48.6 Å². The molecular formula is C50H65N7O10. The Kier molecular flexibility index (Phi) is 19.6. The molecular weight excluding hydrogens is 859 g/mol. The van der Waals surface area contributed by atoms with Crippen molar-refractivity contribution in [3.63, 3.8) is 0 Å². The van der Waals surface area contributed by atoms with Crippen molar-refractivity contribution in [2.45, 2.75) is 123 Å². The van der Waals surface area contributed by atoms with E-state index in [0.29, 0.717) is 18.4 Å². The van der Waals surface area contributed by atoms with Crippen LogP contribution in [0.2, 0.25) is 0 Å². The number of benzene rings is 3. The zero-order valence-corrected chi connectivity index (χ0v) is 39.2. The molecule has 17 nitrogen and oxygen atoms in total. The number of carboxylic acids is 2. The maximum atomic E-state index is 14.1. The summed E-state index contributed by atoms with van der Waals surface area (Å²) in [5.41, 5.74) is 4.16. The smallest absolute Gasteiger partial charge is 0.326 e. The van der Waals surface area contributed by atoms with Crippen LogP contribution in [0.1, 0.15) is 85.3 Å². The van der Waals surface area contributed by atoms with Gasteiger partial charge in [-0.15, -0.1) is 0 Å². The van der Waals surface area contributed by atoms with Crippen molar-refractivity contribution in [3.05, 3.63) is 96.2 Å². The fraction of sp³-hybridized carbons (Fsp3) is 0.440. The zero-order valence-electron chi connectivity index (χ0n) is 39.2. The monoisotopic (exact) mass is 923 g/mol. The third-order valence-corrected chi connectivity index (χ3v) is 11.8. The molecule has 6 amide bonds. The van der Waals surface area contributed by atoms with E-state index in [0.717, 1.165) is 27.6 Å². The molecule has 0 saturated carbocycles. The fourth-order valence-electron chi connectivity index (χ4n) is 7.67. The Morgan fingerprint density at radius 3 is 1.63 bits per heavy atom. The van der Waals surface area contributed by atoms with Crippen molar-refractivity contribution in [1.29, 1.82) is 0 Å². The second kappa shape index (κ2) is 25.0. The first-order valence-electron chi connectivity index (χ1n) is 22.7. The molecule has 0 bridgehead atoms. The van der Waals surface area contributed by atoms with Gasteiger partial charge in [0.25, 0.3) is 0 Å². The number of hydrogen-bond donors (Lipinski definition) is 9. The van der Waals surface area contributed by atoms with E-state index in [1.54, 1.807) is 47.7 Å². The number of aromatic nitrogens is 1. The van der Waals surface area contributed by atoms with E-state index >= 15 is 0 Å². The third kappa shape index (κ3) is 15.5. The van der Waals surface area contributed by atoms with Gasteiger partial charge in [0.15, 0.2) is 0 Å². The molecule has 4 aromatic rings. The first kappa shape index (κ1) is 52.6. The molecule has 360 valence electrons. The normalized spacial score (nSPS) is 14.8. The van der Waals surface area contributed by atoms with Crippen molar-refractivity contribution in [1.82, 2.24) is 36.9 Å². The van der Waals surface area contributed by atoms with Crippen LogP contribution in [-0.4, -0.2) is 98.8 Å². The summed E-state index contributed by atoms with van der Waals surface area (Å²) < 4.78 is 0. The van der Waals surface area contributed by atoms with E-state index < -0.39 is 102 Å². The molecule has 67 heavy (non-hydrogen) atoms. The molecule has 9 N–H and O–H groups in total. The van der Waals surface area contributed by atoms with Gasteiger partial charge in [0.1, 0.15) is 36.3 Å². The second-order valence-electron chi connectivity index (χ2n) is 17.6. The highest BCUT2D eigenvalue weighted by Crippen LogP contribution is 2.22. The summed E-state index contributed by atoms with van der Waals surface area (Å²) in [6, 6.07) is 16.6. The first-order valence-corrected chi connectivity index (χ1v) is 22.7. The lowest BCUT2D eigenvalue weighted by Gasteiger charge is -2.30. The van der Waals surface area contributed by atoms with E-state index in [1.807, 2.05) is 78.9 Å². The number of amides is 6. The summed E-state index contributed by atoms with van der Waals surface area (Å²) >= 11 is 0. The lowest BCUT2D eigenvalue weighted by molar-refractivity contribution is -0.142. The SMILES string of the molecule is CCC(C)[C@H](NC(=O)[C@H](CC(=O)O)NC(=O)[C@H](CC(C)C)NC(=O)[C@@H](Cc1ccc(-c2ccccc2)cc1)NC(C)=O)C(=O)N[C@H](C(=O)N[C@@H](Cc1c[nH]c2ccccc12)C(=O)O)C(C)CC. The molecule has 17 heteroatoms. The molecule has 1 aromatic heterocycles. The van der Waals surface area contributed by atoms with Gasteiger partial charge in [-0.25, -0.2) is 4.79 Å². The summed E-state index contributed by atoms with van der Waals surface area (Å²) in [4.78, 5) is 110. The Labute approximate surface area is 391 Å². The van der Waals surface area contributed by atoms with Crippen molar-refractivity contribution in [2.75, 3.05) is 0 Å². The van der Waals surface area contributed by atoms with E-state index in [1.165, 1.54) is 6.92 Å². The summed E-state index contributed by atoms with van der Waals surface area (Å²) in [6.45, 7) is 11.8. The van der Waals surface area contributed by atoms with Crippen molar-refractivity contribution < 1.29 is 48.6 Å². The van der Waals surface area contributed by atoms with Crippen LogP contribution in [0.15, 0.2) is 85.1 Å². The Morgan fingerprint density at radius 2 is 1.06 bits per heavy atom. The number of aromatic amines is 1. The number of carbonyl (C=O) groups is 8. The van der Waals surface area contributed by atoms with Gasteiger partial charge in [0.05, 0.1) is 6.42 Å². The third-order valence-electron chi connectivity index (χ3n) is 11.8. The topological polar surface area (TPSA) is 265 Å². The van der Waals surface area contributed by atoms with Gasteiger partial charge >= 0.3 is 11.9 Å². The average molecular weight is 924 g/mol. The van der Waals surface area contributed by atoms with Gasteiger partial charge in [-0.1, -0.05) is 127 Å². The van der Waals surface area contributed by atoms with E-state index in [4.69, 9.17) is 0 Å². The predicted molar refractivity (Wildman–Crippen MR) is 253 cm³/mol. The van der Waals surface area contributed by atoms with Crippen LogP contribution in [0.3, 0.4) is 0 Å². The number of para-hydroxylation sites is 1. The first-order chi connectivity index (χ1) is 31.8. The van der Waals surface area contributed by atoms with Crippen LogP contribution in [0.4, 0.5) is 0 Å². The van der Waals surface area contributed by atoms with E-state index in [2.05, 4.69) is 36.9 Å². The minimum atomic E-state index is -1.71. The highest BCUT2D eigenvalue weighted by atomic mass is 16.4. The number of carboxylic acid groups (broad SMARTS) is 2. The van der Waals surface area contributed by atoms with Crippen LogP contribution >= 0.6 is 0 Å². The molecule has 0 aliphatic carbocycles. The molecule has 0 radical (unpaired) electrons. The van der Waals surface area contributed by atoms with Gasteiger partial charge < -0.3 is 47.1 Å². The summed E-state index contributed by atoms with van der Waals surface area (Å²) in [7, 11) is 0. The molecule has 4 rings (SSSR count). The minimum absolute atomic E-state index is 0.0456. The Hall–Kier alpha value is -7.04. The molecule has 3 aromatic carbocycles. The van der Waals surface area contributed by atoms with Gasteiger partial charge in [0, 0.05) is 36.9 Å². The van der Waals surface area contributed by atoms with Gasteiger partial charge in [-0.2, -0.15) is 0 Å². The molecule has 0 saturated heterocycles. The van der Waals surface area contributed by atoms with Crippen molar-refractivity contribution >= 4 is 58.3 Å². The lowest BCUT2D eigenvalue weighted by Crippen LogP contribution is -2.61. The Bertz CT molecular complexity index is 2350. The van der Waals surface area contributed by atoms with Crippen LogP contribution < -0.4 is 31.9 Å². The zero-order chi connectivity index (χ0) is 49.4. The summed E-state index contributed by atoms with van der Waals surface area (Å²) in [5, 5.41) is 36.5. The molecule has 0 aliphatic heterocycles. The number of H-pyrrole nitrogens is 1. The average Bonchev–Trinajstić information content (AvgIpc) is 3.70. The Balaban J connectivity index is 1.50. The molecule has 0 spiro atoms. The molecule has 0 fully saturated rings. The molecule has 8 atom stereocenters. The largest absolute Gasteiger partial charge is 0.481 e. The number of aliphatic carboxylic acids is 2. The molecule has 0 aliphatic rings. The van der Waals surface area contributed by atoms with Crippen LogP contribution in [-0.2, 0) is 51.2 Å². The quantitative estimate of drug-likeness (QED) is 0.0456. The number of fused-ring (bicyclic) bond motifs is 1. The highest BCUT2D eigenvalue weighted by molar-refractivity contribution is 5.98. The van der Waals surface area contributed by atoms with Crippen LogP contribution in [0.5, 0.6) is 0 Å². The maximum Gasteiger partial charge on any atom is 0.326 e. The number of rotatable bonds is 25. The number of nitrogens with one attached hydrogen (secondary N) is 7. The Morgan fingerprint density at radius 1 is 0.552 bits per heavy atom. The van der Waals surface area contributed by atoms with Crippen LogP contribution in [0, 0.1) is 17.8 Å². The highest BCUT2D eigenvalue weighted by Gasteiger charge is 2.37. The minimum Gasteiger partial charge on any atom is -0.481 e. The maximum absolute atomic E-state index is 14.1. The summed E-state index contributed by atoms with van der Waals surface area (Å²) in [6.07, 6.45) is 1.69. The van der Waals surface area contributed by atoms with Crippen molar-refractivity contribution in [2.24, 2.45) is 17.8 Å². The van der Waals surface area contributed by atoms with Gasteiger partial charge in [0.2, 0.25) is 35.4 Å². The predicted octanol–water partition coefficient (Wildman–Crippen LogP) is 4.25. The number of hydrogen-bond acceptors (Lipinski definition) is 8. The summed E-state index contributed by atoms with van der Waals surface area (Å²) in [5.74, 6) is -8.49. The fourth-order valence-corrected chi connectivity index (χ4v) is 7.67. The van der Waals surface area contributed by atoms with Gasteiger partial charge in [-0.05, 0) is 52.5 Å². The van der Waals surface area contributed by atoms with Crippen LogP contribution in [0.25, 0.3) is 22.0 Å². The molecule has 2 unspecified atom stereocenters. The second-order valence-corrected chi connectivity index (χ2v) is 17.6. The van der Waals surface area contributed by atoms with Crippen molar-refractivity contribution in [3.8, 4) is 11.1 Å². The van der Waals surface area contributed by atoms with E-state index in [-0.39, 0.29) is 25.2 Å². The number of carbonyl (C=O) groups excluding carboxylic acids is 6. The lowest BCUT2D eigenvalue weighted by atomic mass is 9.94. The standard InChI is InChI=1S/C50H65N7O10/c1-8-29(5)43(48(64)55-41(50(66)67)25-35-27-51-37-18-14-13-17-36(35)37)57-49(65)44(30(6)9-2)56-47(63)40(26-42(59)60)54-45(61)38(23-28(3)4)53-46(62)39(52-31(7)58)24-32-19-21-34(22-20-32)33-15-11-10-12-16-33/h10-22,27-30,38-41,43-44,51H,8-9,23-26H2,1-7H3,(H,52,58)(H,53,62)(H,54,61)(H,55,64)(H,56,63)(H,57,65)(H,59,60)(H,66,67)/t29?,30?,38-,39+,40-,41-,43-,44-/m0/s1. The molecule has 1 heterocycles.